The van der Waals surface area contributed by atoms with Crippen LogP contribution >= 0.6 is 11.3 Å². The van der Waals surface area contributed by atoms with Gasteiger partial charge in [0.1, 0.15) is 0 Å². The highest BCUT2D eigenvalue weighted by Crippen LogP contribution is 2.19. The number of hydrogen-bond donors (Lipinski definition) is 1. The zero-order valence-electron chi connectivity index (χ0n) is 11.6. The molecule has 114 valence electrons. The summed E-state index contributed by atoms with van der Waals surface area (Å²) in [4.78, 5) is 12.7. The van der Waals surface area contributed by atoms with Crippen molar-refractivity contribution < 1.29 is 13.2 Å². The van der Waals surface area contributed by atoms with Crippen molar-refractivity contribution in [2.24, 2.45) is 0 Å². The number of fused-ring (bicyclic) bond motifs is 1. The van der Waals surface area contributed by atoms with Crippen molar-refractivity contribution in [2.45, 2.75) is 32.2 Å². The number of carbonyl (C=O) groups is 1. The molecule has 2 aromatic rings. The van der Waals surface area contributed by atoms with Crippen molar-refractivity contribution >= 4 is 32.0 Å². The van der Waals surface area contributed by atoms with Crippen LogP contribution in [-0.4, -0.2) is 51.7 Å². The lowest BCUT2D eigenvalue weighted by atomic mass is 10.2. The number of nitrogens with zero attached hydrogens (tertiary/aromatic N) is 4. The summed E-state index contributed by atoms with van der Waals surface area (Å²) in [6, 6.07) is -0.332. The first kappa shape index (κ1) is 14.4. The number of nitrogens with one attached hydrogen (secondary N) is 1. The third-order valence-corrected chi connectivity index (χ3v) is 5.96. The first-order valence-corrected chi connectivity index (χ1v) is 9.23. The Hall–Kier alpha value is -1.55. The van der Waals surface area contributed by atoms with Gasteiger partial charge >= 0.3 is 0 Å². The molecule has 21 heavy (non-hydrogen) atoms. The van der Waals surface area contributed by atoms with Crippen LogP contribution in [0.25, 0.3) is 4.96 Å². The Bertz CT molecular complexity index is 792. The average molecular weight is 329 g/mol. The molecule has 1 saturated heterocycles. The van der Waals surface area contributed by atoms with Gasteiger partial charge in [0.2, 0.25) is 9.97 Å². The maximum absolute atomic E-state index is 12.1. The normalized spacial score (nSPS) is 21.2. The quantitative estimate of drug-likeness (QED) is 0.864. The zero-order chi connectivity index (χ0) is 15.2. The minimum absolute atomic E-state index is 0.0000494. The summed E-state index contributed by atoms with van der Waals surface area (Å²) in [6.07, 6.45) is 0.454. The molecule has 3 heterocycles. The number of carbonyl (C=O) groups excluding carboxylic acids is 1. The topological polar surface area (TPSA) is 106 Å². The second-order valence-electron chi connectivity index (χ2n) is 5.39. The van der Waals surface area contributed by atoms with Crippen molar-refractivity contribution in [1.29, 1.82) is 0 Å². The summed E-state index contributed by atoms with van der Waals surface area (Å²) >= 11 is 1.14. The number of hydrogen-bond acceptors (Lipinski definition) is 7. The lowest BCUT2D eigenvalue weighted by Crippen LogP contribution is -2.35. The average Bonchev–Trinajstić information content (AvgIpc) is 3.01. The first-order chi connectivity index (χ1) is 9.85. The van der Waals surface area contributed by atoms with Crippen LogP contribution in [0.5, 0.6) is 0 Å². The summed E-state index contributed by atoms with van der Waals surface area (Å²) in [6.45, 7) is 3.94. The van der Waals surface area contributed by atoms with Crippen LogP contribution in [-0.2, 0) is 9.84 Å². The minimum atomic E-state index is -3.01. The van der Waals surface area contributed by atoms with Crippen LogP contribution in [0.2, 0.25) is 0 Å². The van der Waals surface area contributed by atoms with Gasteiger partial charge in [0.05, 0.1) is 11.5 Å². The van der Waals surface area contributed by atoms with E-state index >= 15 is 0 Å². The van der Waals surface area contributed by atoms with Gasteiger partial charge in [0.25, 0.3) is 5.91 Å². The maximum Gasteiger partial charge on any atom is 0.282 e. The molecule has 0 spiro atoms. The van der Waals surface area contributed by atoms with E-state index in [0.717, 1.165) is 11.3 Å². The molecule has 0 bridgehead atoms. The van der Waals surface area contributed by atoms with E-state index in [1.165, 1.54) is 0 Å². The van der Waals surface area contributed by atoms with Crippen molar-refractivity contribution in [2.75, 3.05) is 11.5 Å². The smallest absolute Gasteiger partial charge is 0.282 e. The molecule has 0 aliphatic carbocycles. The molecule has 10 heteroatoms. The van der Waals surface area contributed by atoms with Crippen LogP contribution in [0.1, 0.15) is 41.8 Å². The molecule has 1 N–H and O–H groups in total. The molecule has 0 aromatic carbocycles. The van der Waals surface area contributed by atoms with Gasteiger partial charge in [-0.15, -0.1) is 15.3 Å². The SMILES string of the molecule is CC(C)c1nnc2sc(C(=O)NC3CCS(=O)(=O)C3)nn12. The summed E-state index contributed by atoms with van der Waals surface area (Å²) in [5.74, 6) is 0.615. The van der Waals surface area contributed by atoms with E-state index in [4.69, 9.17) is 0 Å². The zero-order valence-corrected chi connectivity index (χ0v) is 13.2. The number of sulfone groups is 1. The van der Waals surface area contributed by atoms with E-state index in [9.17, 15) is 13.2 Å². The second-order valence-corrected chi connectivity index (χ2v) is 8.57. The fraction of sp³-hybridized carbons (Fsp3) is 0.636. The highest BCUT2D eigenvalue weighted by atomic mass is 32.2. The molecule has 3 rings (SSSR count). The third-order valence-electron chi connectivity index (χ3n) is 3.29. The van der Waals surface area contributed by atoms with E-state index in [0.29, 0.717) is 17.2 Å². The summed E-state index contributed by atoms with van der Waals surface area (Å²) < 4.78 is 24.3. The highest BCUT2D eigenvalue weighted by Gasteiger charge is 2.30. The number of aromatic nitrogens is 4. The second kappa shape index (κ2) is 5.02. The van der Waals surface area contributed by atoms with E-state index in [2.05, 4.69) is 20.6 Å². The molecule has 1 atom stereocenters. The number of rotatable bonds is 3. The summed E-state index contributed by atoms with van der Waals surface area (Å²) in [5, 5.41) is 15.2. The fourth-order valence-corrected chi connectivity index (χ4v) is 4.66. The van der Waals surface area contributed by atoms with Crippen LogP contribution in [0, 0.1) is 0 Å². The predicted molar refractivity (Wildman–Crippen MR) is 77.3 cm³/mol. The van der Waals surface area contributed by atoms with Crippen molar-refractivity contribution in [3.63, 3.8) is 0 Å². The van der Waals surface area contributed by atoms with Gasteiger partial charge in [-0.05, 0) is 6.42 Å². The molecule has 0 saturated carbocycles. The molecule has 0 radical (unpaired) electrons. The third kappa shape index (κ3) is 2.77. The Kier molecular flexibility index (Phi) is 3.44. The van der Waals surface area contributed by atoms with Crippen LogP contribution < -0.4 is 5.32 Å². The molecule has 1 aliphatic heterocycles. The van der Waals surface area contributed by atoms with Gasteiger partial charge < -0.3 is 5.32 Å². The van der Waals surface area contributed by atoms with Crippen molar-refractivity contribution in [1.82, 2.24) is 25.1 Å². The van der Waals surface area contributed by atoms with Gasteiger partial charge in [0.15, 0.2) is 15.7 Å². The lowest BCUT2D eigenvalue weighted by molar-refractivity contribution is 0.0939. The van der Waals surface area contributed by atoms with E-state index in [1.54, 1.807) is 4.52 Å². The molecule has 1 fully saturated rings. The van der Waals surface area contributed by atoms with Crippen molar-refractivity contribution in [3.8, 4) is 0 Å². The minimum Gasteiger partial charge on any atom is -0.346 e. The Morgan fingerprint density at radius 1 is 1.43 bits per heavy atom. The van der Waals surface area contributed by atoms with E-state index in [-0.39, 0.29) is 34.4 Å². The Morgan fingerprint density at radius 2 is 2.19 bits per heavy atom. The van der Waals surface area contributed by atoms with Gasteiger partial charge in [0, 0.05) is 12.0 Å². The van der Waals surface area contributed by atoms with Crippen LogP contribution in [0.3, 0.4) is 0 Å². The standard InChI is InChI=1S/C11H15N5O3S2/c1-6(2)8-13-14-11-16(8)15-10(20-11)9(17)12-7-3-4-21(18,19)5-7/h6-7H,3-5H2,1-2H3,(H,12,17). The fourth-order valence-electron chi connectivity index (χ4n) is 2.24. The van der Waals surface area contributed by atoms with Gasteiger partial charge in [-0.1, -0.05) is 25.2 Å². The van der Waals surface area contributed by atoms with Gasteiger partial charge in [-0.25, -0.2) is 8.42 Å². The van der Waals surface area contributed by atoms with E-state index < -0.39 is 9.84 Å². The number of amides is 1. The lowest BCUT2D eigenvalue weighted by Gasteiger charge is -2.08. The Balaban J connectivity index is 1.79. The Labute approximate surface area is 125 Å². The molecule has 1 aliphatic rings. The molecule has 1 amide bonds. The summed E-state index contributed by atoms with van der Waals surface area (Å²) in [7, 11) is -3.01. The molecular weight excluding hydrogens is 314 g/mol. The monoisotopic (exact) mass is 329 g/mol. The van der Waals surface area contributed by atoms with E-state index in [1.807, 2.05) is 13.8 Å². The molecular formula is C11H15N5O3S2. The molecule has 8 nitrogen and oxygen atoms in total. The Morgan fingerprint density at radius 3 is 2.81 bits per heavy atom. The van der Waals surface area contributed by atoms with Crippen molar-refractivity contribution in [3.05, 3.63) is 10.8 Å². The van der Waals surface area contributed by atoms with Gasteiger partial charge in [-0.3, -0.25) is 4.79 Å². The molecule has 1 unspecified atom stereocenters. The maximum atomic E-state index is 12.1. The van der Waals surface area contributed by atoms with Crippen LogP contribution in [0.15, 0.2) is 0 Å². The largest absolute Gasteiger partial charge is 0.346 e. The molecule has 2 aromatic heterocycles. The summed E-state index contributed by atoms with van der Waals surface area (Å²) in [5.41, 5.74) is 0. The van der Waals surface area contributed by atoms with Gasteiger partial charge in [-0.2, -0.15) is 4.52 Å². The first-order valence-electron chi connectivity index (χ1n) is 6.59. The highest BCUT2D eigenvalue weighted by molar-refractivity contribution is 7.91. The predicted octanol–water partition coefficient (Wildman–Crippen LogP) is 0.226. The van der Waals surface area contributed by atoms with Crippen LogP contribution in [0.4, 0.5) is 0 Å².